The van der Waals surface area contributed by atoms with Crippen LogP contribution in [-0.2, 0) is 9.47 Å². The van der Waals surface area contributed by atoms with Gasteiger partial charge in [-0.2, -0.15) is 5.26 Å². The van der Waals surface area contributed by atoms with Gasteiger partial charge in [-0.3, -0.25) is 14.6 Å². The van der Waals surface area contributed by atoms with E-state index in [1.54, 1.807) is 54.0 Å². The van der Waals surface area contributed by atoms with Crippen molar-refractivity contribution in [2.75, 3.05) is 37.6 Å². The lowest BCUT2D eigenvalue weighted by Crippen LogP contribution is -2.53. The van der Waals surface area contributed by atoms with Crippen LogP contribution in [0.4, 0.5) is 5.82 Å². The fourth-order valence-corrected chi connectivity index (χ4v) is 4.83. The number of ether oxygens (including phenoxy) is 2. The highest BCUT2D eigenvalue weighted by molar-refractivity contribution is 6.05. The number of aliphatic hydroxyl groups excluding tert-OH is 1. The van der Waals surface area contributed by atoms with Crippen molar-refractivity contribution in [3.63, 3.8) is 0 Å². The minimum atomic E-state index is -0.511. The molecule has 1 aromatic carbocycles. The van der Waals surface area contributed by atoms with Gasteiger partial charge < -0.3 is 19.5 Å². The lowest BCUT2D eigenvalue weighted by atomic mass is 10.0. The summed E-state index contributed by atoms with van der Waals surface area (Å²) in [6.45, 7) is 5.68. The van der Waals surface area contributed by atoms with Gasteiger partial charge in [-0.25, -0.2) is 4.98 Å². The minimum Gasteiger partial charge on any atom is -0.456 e. The van der Waals surface area contributed by atoms with Crippen molar-refractivity contribution in [1.29, 1.82) is 5.26 Å². The zero-order valence-electron chi connectivity index (χ0n) is 21.8. The van der Waals surface area contributed by atoms with Crippen molar-refractivity contribution >= 4 is 11.7 Å². The zero-order valence-corrected chi connectivity index (χ0v) is 21.8. The smallest absolute Gasteiger partial charge is 0.259 e. The molecule has 9 nitrogen and oxygen atoms in total. The predicted octanol–water partition coefficient (Wildman–Crippen LogP) is 3.54. The average Bonchev–Trinajstić information content (AvgIpc) is 3.00. The summed E-state index contributed by atoms with van der Waals surface area (Å²) in [5.41, 5.74) is 1.92. The number of nitrogens with zero attached hydrogens (tertiary/aromatic N) is 5. The van der Waals surface area contributed by atoms with Crippen molar-refractivity contribution in [3.05, 3.63) is 108 Å². The van der Waals surface area contributed by atoms with E-state index in [-0.39, 0.29) is 11.9 Å². The second-order valence-corrected chi connectivity index (χ2v) is 9.69. The number of rotatable bonds is 7. The third-order valence-electron chi connectivity index (χ3n) is 7.08. The second-order valence-electron chi connectivity index (χ2n) is 9.69. The quantitative estimate of drug-likeness (QED) is 0.586. The van der Waals surface area contributed by atoms with Gasteiger partial charge in [0.05, 0.1) is 17.7 Å². The highest BCUT2D eigenvalue weighted by atomic mass is 16.6. The van der Waals surface area contributed by atoms with Gasteiger partial charge in [-0.15, -0.1) is 0 Å². The molecule has 9 heteroatoms. The molecule has 3 heterocycles. The number of hydrogen-bond donors (Lipinski definition) is 1. The van der Waals surface area contributed by atoms with Crippen molar-refractivity contribution in [2.45, 2.75) is 25.5 Å². The molecule has 1 aromatic heterocycles. The number of carbonyl (C=O) groups is 1. The standard InChI is InChI=1S/C30H31N5O4/c1-22(19-35(28-7-2-3-12-32-28)30(37)24-10-8-23(18-31)9-11-24)33-13-15-34(16-14-33)29-21-38-27(20-39-29)25-5-4-6-26(36)17-25/h2-12,20-22,26,36H,13-17,19H2,1H3/t22-,26?/m1/s1. The maximum absolute atomic E-state index is 13.5. The van der Waals surface area contributed by atoms with Crippen LogP contribution in [0, 0.1) is 11.3 Å². The Labute approximate surface area is 228 Å². The van der Waals surface area contributed by atoms with E-state index in [0.717, 1.165) is 31.8 Å². The summed E-state index contributed by atoms with van der Waals surface area (Å²) in [7, 11) is 0. The highest BCUT2D eigenvalue weighted by Crippen LogP contribution is 2.27. The number of piperazine rings is 1. The Morgan fingerprint density at radius 1 is 1.15 bits per heavy atom. The fourth-order valence-electron chi connectivity index (χ4n) is 4.83. The number of pyridine rings is 1. The van der Waals surface area contributed by atoms with Crippen LogP contribution in [0.2, 0.25) is 0 Å². The summed E-state index contributed by atoms with van der Waals surface area (Å²) in [4.78, 5) is 24.1. The van der Waals surface area contributed by atoms with Crippen molar-refractivity contribution in [3.8, 4) is 6.07 Å². The van der Waals surface area contributed by atoms with E-state index in [4.69, 9.17) is 14.7 Å². The van der Waals surface area contributed by atoms with Crippen molar-refractivity contribution in [1.82, 2.24) is 14.8 Å². The molecular weight excluding hydrogens is 494 g/mol. The first-order chi connectivity index (χ1) is 19.0. The minimum absolute atomic E-state index is 0.0817. The molecule has 2 atom stereocenters. The summed E-state index contributed by atoms with van der Waals surface area (Å²) >= 11 is 0. The molecule has 1 amide bonds. The molecule has 1 aliphatic carbocycles. The van der Waals surface area contributed by atoms with Crippen LogP contribution in [0.25, 0.3) is 0 Å². The summed E-state index contributed by atoms with van der Waals surface area (Å²) in [5.74, 6) is 1.70. The van der Waals surface area contributed by atoms with E-state index in [1.165, 1.54) is 0 Å². The molecule has 0 bridgehead atoms. The monoisotopic (exact) mass is 525 g/mol. The van der Waals surface area contributed by atoms with Crippen LogP contribution >= 0.6 is 0 Å². The summed E-state index contributed by atoms with van der Waals surface area (Å²) in [6, 6.07) is 14.4. The Kier molecular flexibility index (Phi) is 8.06. The lowest BCUT2D eigenvalue weighted by molar-refractivity contribution is 0.0688. The predicted molar refractivity (Wildman–Crippen MR) is 146 cm³/mol. The number of amides is 1. The van der Waals surface area contributed by atoms with Crippen LogP contribution in [0.1, 0.15) is 29.3 Å². The first kappa shape index (κ1) is 26.2. The average molecular weight is 526 g/mol. The third-order valence-corrected chi connectivity index (χ3v) is 7.08. The van der Waals surface area contributed by atoms with Crippen LogP contribution < -0.4 is 4.90 Å². The van der Waals surface area contributed by atoms with E-state index in [1.807, 2.05) is 30.4 Å². The molecule has 0 radical (unpaired) electrons. The summed E-state index contributed by atoms with van der Waals surface area (Å²) in [5, 5.41) is 18.9. The molecule has 1 fully saturated rings. The van der Waals surface area contributed by atoms with Crippen molar-refractivity contribution in [2.24, 2.45) is 0 Å². The fraction of sp³-hybridized carbons (Fsp3) is 0.300. The molecule has 0 saturated carbocycles. The molecule has 3 aliphatic rings. The van der Waals surface area contributed by atoms with Gasteiger partial charge in [-0.1, -0.05) is 24.3 Å². The molecule has 39 heavy (non-hydrogen) atoms. The molecule has 200 valence electrons. The Morgan fingerprint density at radius 3 is 2.59 bits per heavy atom. The Balaban J connectivity index is 1.19. The van der Waals surface area contributed by atoms with E-state index in [9.17, 15) is 9.90 Å². The SMILES string of the molecule is C[C@H](CN(C(=O)c1ccc(C#N)cc1)c1ccccn1)N1CCN(C2=COC(C3=CC=CC(O)C3)=CO2)CC1. The number of benzene rings is 1. The van der Waals surface area contributed by atoms with Gasteiger partial charge in [0.15, 0.2) is 12.0 Å². The number of carbonyl (C=O) groups excluding carboxylic acids is 1. The number of nitriles is 1. The van der Waals surface area contributed by atoms with E-state index >= 15 is 0 Å². The Morgan fingerprint density at radius 2 is 1.95 bits per heavy atom. The van der Waals surface area contributed by atoms with Gasteiger partial charge in [0.25, 0.3) is 5.91 Å². The molecule has 1 unspecified atom stereocenters. The number of hydrogen-bond acceptors (Lipinski definition) is 8. The zero-order chi connectivity index (χ0) is 27.2. The molecular formula is C30H31N5O4. The third kappa shape index (κ3) is 6.20. The van der Waals surface area contributed by atoms with Gasteiger partial charge >= 0.3 is 0 Å². The van der Waals surface area contributed by atoms with E-state index < -0.39 is 6.10 Å². The van der Waals surface area contributed by atoms with E-state index in [2.05, 4.69) is 27.8 Å². The van der Waals surface area contributed by atoms with Gasteiger partial charge in [0.2, 0.25) is 5.88 Å². The van der Waals surface area contributed by atoms with Crippen LogP contribution in [0.3, 0.4) is 0 Å². The molecule has 2 aliphatic heterocycles. The number of anilines is 1. The highest BCUT2D eigenvalue weighted by Gasteiger charge is 2.28. The maximum Gasteiger partial charge on any atom is 0.259 e. The van der Waals surface area contributed by atoms with Gasteiger partial charge in [0.1, 0.15) is 12.1 Å². The maximum atomic E-state index is 13.5. The molecule has 2 aromatic rings. The van der Waals surface area contributed by atoms with Crippen LogP contribution in [0.15, 0.2) is 96.6 Å². The topological polar surface area (TPSA) is 102 Å². The van der Waals surface area contributed by atoms with Crippen LogP contribution in [0.5, 0.6) is 0 Å². The first-order valence-corrected chi connectivity index (χ1v) is 13.0. The first-order valence-electron chi connectivity index (χ1n) is 13.0. The molecule has 5 rings (SSSR count). The van der Waals surface area contributed by atoms with Crippen LogP contribution in [-0.4, -0.2) is 70.7 Å². The van der Waals surface area contributed by atoms with Crippen molar-refractivity contribution < 1.29 is 19.4 Å². The normalized spacial score (nSPS) is 20.0. The van der Waals surface area contributed by atoms with Gasteiger partial charge in [0, 0.05) is 62.5 Å². The lowest BCUT2D eigenvalue weighted by Gasteiger charge is -2.40. The molecule has 1 N–H and O–H groups in total. The summed E-state index contributed by atoms with van der Waals surface area (Å²) < 4.78 is 11.7. The number of allylic oxidation sites excluding steroid dienone is 3. The largest absolute Gasteiger partial charge is 0.456 e. The Bertz CT molecular complexity index is 1340. The van der Waals surface area contributed by atoms with E-state index in [0.29, 0.717) is 41.6 Å². The van der Waals surface area contributed by atoms with Gasteiger partial charge in [-0.05, 0) is 43.3 Å². The number of aromatic nitrogens is 1. The summed E-state index contributed by atoms with van der Waals surface area (Å²) in [6.07, 6.45) is 10.4. The Hall–Kier alpha value is -4.39. The second kappa shape index (κ2) is 12.0. The molecule has 0 spiro atoms. The molecule has 1 saturated heterocycles. The number of aliphatic hydroxyl groups is 1.